The molecule has 64 heavy (non-hydrogen) atoms. The van der Waals surface area contributed by atoms with Crippen LogP contribution in [0, 0.1) is 11.8 Å². The Kier molecular flexibility index (Phi) is 15.0. The Labute approximate surface area is 397 Å². The van der Waals surface area contributed by atoms with E-state index in [-0.39, 0.29) is 24.0 Å². The smallest absolute Gasteiger partial charge is 0.410 e. The highest BCUT2D eigenvalue weighted by Gasteiger charge is 2.38. The summed E-state index contributed by atoms with van der Waals surface area (Å²) < 4.78 is 17.7. The van der Waals surface area contributed by atoms with Gasteiger partial charge in [0.1, 0.15) is 11.2 Å². The molecule has 4 aliphatic rings. The van der Waals surface area contributed by atoms with Gasteiger partial charge in [0, 0.05) is 76.1 Å². The summed E-state index contributed by atoms with van der Waals surface area (Å²) in [6.45, 7) is 16.7. The lowest BCUT2D eigenvalue weighted by molar-refractivity contribution is 0.0167. The van der Waals surface area contributed by atoms with Crippen molar-refractivity contribution in [1.82, 2.24) is 19.8 Å². The molecule has 0 spiro atoms. The maximum Gasteiger partial charge on any atom is 0.410 e. The number of nitrogens with zero attached hydrogens (tertiary/aromatic N) is 4. The molecule has 2 aliphatic heterocycles. The first kappa shape index (κ1) is 47.3. The van der Waals surface area contributed by atoms with E-state index in [0.717, 1.165) is 74.4 Å². The van der Waals surface area contributed by atoms with E-state index in [4.69, 9.17) is 47.4 Å². The van der Waals surface area contributed by atoms with Crippen molar-refractivity contribution >= 4 is 73.5 Å². The lowest BCUT2D eigenvalue weighted by Crippen LogP contribution is -2.42. The fourth-order valence-corrected chi connectivity index (χ4v) is 10.2. The minimum atomic E-state index is -0.493. The van der Waals surface area contributed by atoms with Gasteiger partial charge in [-0.1, -0.05) is 63.4 Å². The van der Waals surface area contributed by atoms with Crippen molar-refractivity contribution in [3.8, 4) is 0 Å². The maximum absolute atomic E-state index is 12.6. The Morgan fingerprint density at radius 1 is 0.703 bits per heavy atom. The maximum atomic E-state index is 12.6. The molecule has 0 bridgehead atoms. The molecule has 2 atom stereocenters. The Hall–Kier alpha value is -4.64. The highest BCUT2D eigenvalue weighted by molar-refractivity contribution is 9.15. The Morgan fingerprint density at radius 2 is 1.16 bits per heavy atom. The van der Waals surface area contributed by atoms with Gasteiger partial charge in [0.15, 0.2) is 0 Å². The average Bonchev–Trinajstić information content (AvgIpc) is 3.46. The highest BCUT2D eigenvalue weighted by atomic mass is 79.9. The highest BCUT2D eigenvalue weighted by Crippen LogP contribution is 2.47. The van der Waals surface area contributed by atoms with Crippen molar-refractivity contribution < 1.29 is 23.8 Å². The standard InChI is InChI=1S/C28H33ClN2O3.C24H26BrClN2O2/c1-5-33-16-12-20-17-21-18-22(29)8-9-23(21)25(26-24(20)7-6-13-30-26)19-10-14-31(15-11-19)27(32)34-28(2,3)4;1-24(2,3)30-23(29)28-11-8-15(9-12-28)21-18-7-6-17(26)13-16(18)14-20(25)19-5-4-10-27-22(19)21/h6-9,12-13,16-19,25H,5,10-11,14-15H2,1-4H3;4-7,10,13-15,21H,8-9,11-12H2,1-3H3/b16-12-;. The molecule has 9 nitrogen and oxygen atoms in total. The summed E-state index contributed by atoms with van der Waals surface area (Å²) in [5.41, 5.74) is 9.12. The van der Waals surface area contributed by atoms with Crippen molar-refractivity contribution in [2.24, 2.45) is 11.8 Å². The van der Waals surface area contributed by atoms with Crippen LogP contribution in [0.5, 0.6) is 0 Å². The summed E-state index contributed by atoms with van der Waals surface area (Å²) in [4.78, 5) is 38.4. The molecule has 8 rings (SSSR count). The van der Waals surface area contributed by atoms with E-state index >= 15 is 0 Å². The predicted octanol–water partition coefficient (Wildman–Crippen LogP) is 13.6. The Bertz CT molecular complexity index is 2420. The molecule has 0 N–H and O–H groups in total. The SMILES string of the molecule is CC(C)(C)OC(=O)N1CCC(C2c3ccc(Cl)cc3C=C(Br)c3cccnc32)CC1.CCO/C=C\C1=Cc2cc(Cl)ccc2C(C2CCN(C(=O)OC(C)(C)C)CC2)c2ncccc21. The van der Waals surface area contributed by atoms with Gasteiger partial charge in [0.05, 0.1) is 24.3 Å². The van der Waals surface area contributed by atoms with Crippen LogP contribution in [0.25, 0.3) is 22.2 Å². The zero-order valence-electron chi connectivity index (χ0n) is 37.9. The minimum absolute atomic E-state index is 0.110. The van der Waals surface area contributed by atoms with Crippen LogP contribution < -0.4 is 0 Å². The molecule has 4 heterocycles. The molecule has 338 valence electrons. The molecule has 12 heteroatoms. The number of benzene rings is 2. The molecule has 2 unspecified atom stereocenters. The number of aromatic nitrogens is 2. The van der Waals surface area contributed by atoms with E-state index in [1.807, 2.05) is 113 Å². The van der Waals surface area contributed by atoms with Crippen LogP contribution >= 0.6 is 39.1 Å². The number of halogens is 3. The number of hydrogen-bond acceptors (Lipinski definition) is 7. The number of carbonyl (C=O) groups is 2. The third kappa shape index (κ3) is 11.4. The molecule has 0 radical (unpaired) electrons. The molecule has 4 aromatic rings. The molecular weight excluding hydrogens is 911 g/mol. The molecular formula is C52H59BrCl2N4O5. The van der Waals surface area contributed by atoms with E-state index in [9.17, 15) is 9.59 Å². The number of likely N-dealkylation sites (tertiary alicyclic amines) is 2. The van der Waals surface area contributed by atoms with Crippen LogP contribution in [-0.2, 0) is 14.2 Å². The Balaban J connectivity index is 0.000000193. The fraction of sp³-hybridized carbons (Fsp3) is 0.423. The fourth-order valence-electron chi connectivity index (χ4n) is 9.23. The second-order valence-electron chi connectivity index (χ2n) is 18.8. The van der Waals surface area contributed by atoms with Gasteiger partial charge in [-0.3, -0.25) is 9.97 Å². The minimum Gasteiger partial charge on any atom is -0.501 e. The van der Waals surface area contributed by atoms with Crippen molar-refractivity contribution in [2.45, 2.75) is 97.2 Å². The van der Waals surface area contributed by atoms with Crippen molar-refractivity contribution in [1.29, 1.82) is 0 Å². The van der Waals surface area contributed by atoms with Crippen molar-refractivity contribution in [2.75, 3.05) is 32.8 Å². The molecule has 2 aliphatic carbocycles. The van der Waals surface area contributed by atoms with Crippen LogP contribution in [0.2, 0.25) is 10.0 Å². The predicted molar refractivity (Wildman–Crippen MR) is 262 cm³/mol. The third-order valence-electron chi connectivity index (χ3n) is 12.0. The number of fused-ring (bicyclic) bond motifs is 4. The first-order valence-electron chi connectivity index (χ1n) is 22.3. The average molecular weight is 971 g/mol. The topological polar surface area (TPSA) is 94.1 Å². The Morgan fingerprint density at radius 3 is 1.62 bits per heavy atom. The van der Waals surface area contributed by atoms with Gasteiger partial charge in [-0.25, -0.2) is 9.59 Å². The number of pyridine rings is 2. The van der Waals surface area contributed by atoms with Gasteiger partial charge in [0.2, 0.25) is 0 Å². The van der Waals surface area contributed by atoms with Crippen LogP contribution in [0.4, 0.5) is 9.59 Å². The second-order valence-corrected chi connectivity index (χ2v) is 20.6. The summed E-state index contributed by atoms with van der Waals surface area (Å²) in [7, 11) is 0. The number of hydrogen-bond donors (Lipinski definition) is 0. The van der Waals surface area contributed by atoms with Crippen molar-refractivity contribution in [3.63, 3.8) is 0 Å². The number of carbonyl (C=O) groups excluding carboxylic acids is 2. The summed E-state index contributed by atoms with van der Waals surface area (Å²) in [6.07, 6.45) is 14.9. The van der Waals surface area contributed by atoms with E-state index in [1.165, 1.54) is 11.1 Å². The van der Waals surface area contributed by atoms with Crippen LogP contribution in [0.3, 0.4) is 0 Å². The summed E-state index contributed by atoms with van der Waals surface area (Å²) in [5.74, 6) is 0.985. The lowest BCUT2D eigenvalue weighted by Gasteiger charge is -2.37. The lowest BCUT2D eigenvalue weighted by atomic mass is 9.76. The van der Waals surface area contributed by atoms with E-state index in [0.29, 0.717) is 49.6 Å². The number of amides is 2. The van der Waals surface area contributed by atoms with E-state index < -0.39 is 11.2 Å². The number of piperidine rings is 2. The largest absolute Gasteiger partial charge is 0.501 e. The number of allylic oxidation sites excluding steroid dienone is 2. The first-order valence-corrected chi connectivity index (χ1v) is 23.9. The van der Waals surface area contributed by atoms with Gasteiger partial charge in [-0.2, -0.15) is 0 Å². The van der Waals surface area contributed by atoms with Crippen LogP contribution in [-0.4, -0.2) is 75.9 Å². The van der Waals surface area contributed by atoms with Gasteiger partial charge in [-0.05, 0) is 168 Å². The normalized spacial score (nSPS) is 19.0. The molecule has 2 amide bonds. The van der Waals surface area contributed by atoms with Crippen LogP contribution in [0.15, 0.2) is 85.4 Å². The molecule has 2 fully saturated rings. The van der Waals surface area contributed by atoms with Crippen molar-refractivity contribution in [3.05, 3.63) is 140 Å². The summed E-state index contributed by atoms with van der Waals surface area (Å²) in [6, 6.07) is 20.4. The molecule has 0 saturated carbocycles. The van der Waals surface area contributed by atoms with Gasteiger partial charge < -0.3 is 24.0 Å². The van der Waals surface area contributed by atoms with Gasteiger partial charge in [0.25, 0.3) is 0 Å². The summed E-state index contributed by atoms with van der Waals surface area (Å²) in [5, 5.41) is 1.43. The zero-order valence-corrected chi connectivity index (χ0v) is 41.0. The number of ether oxygens (including phenoxy) is 3. The van der Waals surface area contributed by atoms with Crippen LogP contribution in [0.1, 0.15) is 131 Å². The monoisotopic (exact) mass is 968 g/mol. The second kappa shape index (κ2) is 20.3. The van der Waals surface area contributed by atoms with E-state index in [2.05, 4.69) is 52.3 Å². The number of rotatable bonds is 5. The zero-order chi connectivity index (χ0) is 45.8. The third-order valence-corrected chi connectivity index (χ3v) is 13.2. The van der Waals surface area contributed by atoms with Gasteiger partial charge in [-0.15, -0.1) is 0 Å². The van der Waals surface area contributed by atoms with E-state index in [1.54, 1.807) is 6.26 Å². The first-order chi connectivity index (χ1) is 30.5. The molecule has 2 aromatic carbocycles. The molecule has 2 saturated heterocycles. The quantitative estimate of drug-likeness (QED) is 0.184. The molecule has 2 aromatic heterocycles. The van der Waals surface area contributed by atoms with Gasteiger partial charge >= 0.3 is 12.2 Å². The summed E-state index contributed by atoms with van der Waals surface area (Å²) >= 11 is 16.5.